The molecule has 0 atom stereocenters. The maximum atomic E-state index is 7.88. The van der Waals surface area contributed by atoms with Crippen LogP contribution in [0.25, 0.3) is 0 Å². The van der Waals surface area contributed by atoms with E-state index < -0.39 is 0 Å². The van der Waals surface area contributed by atoms with Gasteiger partial charge in [-0.15, -0.1) is 0 Å². The zero-order valence-electron chi connectivity index (χ0n) is 10.8. The molecular weight excluding hydrogens is 200 g/mol. The SMILES string of the molecule is CCCO.CCO.CCO.CCO.CO. The summed E-state index contributed by atoms with van der Waals surface area (Å²) in [7, 11) is 1.00. The van der Waals surface area contributed by atoms with Crippen molar-refractivity contribution < 1.29 is 25.5 Å². The summed E-state index contributed by atoms with van der Waals surface area (Å²) in [5.41, 5.74) is 0. The van der Waals surface area contributed by atoms with Gasteiger partial charge in [-0.05, 0) is 27.2 Å². The van der Waals surface area contributed by atoms with E-state index in [2.05, 4.69) is 0 Å². The van der Waals surface area contributed by atoms with Crippen molar-refractivity contribution in [2.24, 2.45) is 0 Å². The van der Waals surface area contributed by atoms with Crippen molar-refractivity contribution in [3.8, 4) is 0 Å². The summed E-state index contributed by atoms with van der Waals surface area (Å²) in [4.78, 5) is 0. The van der Waals surface area contributed by atoms with Crippen LogP contribution in [0.2, 0.25) is 0 Å². The van der Waals surface area contributed by atoms with Crippen LogP contribution in [0.15, 0.2) is 0 Å². The Labute approximate surface area is 94.0 Å². The van der Waals surface area contributed by atoms with Gasteiger partial charge in [0.25, 0.3) is 0 Å². The maximum Gasteiger partial charge on any atom is 0.0428 e. The van der Waals surface area contributed by atoms with Gasteiger partial charge in [-0.3, -0.25) is 0 Å². The normalized spacial score (nSPS) is 6.00. The van der Waals surface area contributed by atoms with Crippen LogP contribution in [0.3, 0.4) is 0 Å². The van der Waals surface area contributed by atoms with Crippen LogP contribution in [-0.4, -0.2) is 59.1 Å². The van der Waals surface area contributed by atoms with Crippen LogP contribution in [0.1, 0.15) is 34.1 Å². The third-order valence-electron chi connectivity index (χ3n) is 0.224. The Bertz CT molecular complexity index is 30.2. The van der Waals surface area contributed by atoms with Crippen molar-refractivity contribution in [2.75, 3.05) is 33.5 Å². The number of hydrogen-bond acceptors (Lipinski definition) is 5. The van der Waals surface area contributed by atoms with Crippen molar-refractivity contribution in [2.45, 2.75) is 34.1 Å². The van der Waals surface area contributed by atoms with Crippen molar-refractivity contribution in [3.63, 3.8) is 0 Å². The molecule has 0 radical (unpaired) electrons. The molecule has 0 saturated heterocycles. The number of aliphatic hydroxyl groups is 5. The predicted molar refractivity (Wildman–Crippen MR) is 63.8 cm³/mol. The highest BCUT2D eigenvalue weighted by Gasteiger charge is 1.57. The lowest BCUT2D eigenvalue weighted by Crippen LogP contribution is -1.69. The molecule has 0 aliphatic rings. The van der Waals surface area contributed by atoms with Crippen molar-refractivity contribution in [3.05, 3.63) is 0 Å². The molecule has 0 unspecified atom stereocenters. The van der Waals surface area contributed by atoms with Crippen molar-refractivity contribution >= 4 is 0 Å². The molecule has 0 heterocycles. The van der Waals surface area contributed by atoms with Crippen LogP contribution in [0.4, 0.5) is 0 Å². The third kappa shape index (κ3) is 3000. The first-order chi connectivity index (χ1) is 7.16. The lowest BCUT2D eigenvalue weighted by molar-refractivity contribution is 0.295. The van der Waals surface area contributed by atoms with Gasteiger partial charge in [0.2, 0.25) is 0 Å². The highest BCUT2D eigenvalue weighted by atomic mass is 16.3. The summed E-state index contributed by atoms with van der Waals surface area (Å²) in [6.45, 7) is 8.04. The number of hydrogen-bond donors (Lipinski definition) is 5. The minimum absolute atomic E-state index is 0.250. The Morgan fingerprint density at radius 3 is 0.667 bits per heavy atom. The monoisotopic (exact) mass is 230 g/mol. The van der Waals surface area contributed by atoms with Crippen LogP contribution in [0, 0.1) is 0 Å². The molecule has 0 bridgehead atoms. The van der Waals surface area contributed by atoms with Gasteiger partial charge in [0, 0.05) is 33.5 Å². The van der Waals surface area contributed by atoms with Gasteiger partial charge >= 0.3 is 0 Å². The van der Waals surface area contributed by atoms with E-state index in [1.54, 1.807) is 20.8 Å². The first kappa shape index (κ1) is 29.3. The molecule has 0 aromatic heterocycles. The van der Waals surface area contributed by atoms with Crippen LogP contribution >= 0.6 is 0 Å². The fraction of sp³-hybridized carbons (Fsp3) is 1.00. The van der Waals surface area contributed by atoms with Gasteiger partial charge in [0.05, 0.1) is 0 Å². The lowest BCUT2D eigenvalue weighted by atomic mass is 10.5. The topological polar surface area (TPSA) is 101 Å². The minimum atomic E-state index is 0.250. The molecule has 5 nitrogen and oxygen atoms in total. The Balaban J connectivity index is -0.0000000283. The Morgan fingerprint density at radius 2 is 0.667 bits per heavy atom. The molecule has 0 aliphatic carbocycles. The standard InChI is InChI=1S/C3H8O.3C2H6O.CH4O/c1-2-3-4;3*1-2-3;1-2/h4H,2-3H2,1H3;3*3H,2H2,1H3;2H,1H3. The highest BCUT2D eigenvalue weighted by molar-refractivity contribution is 4.10. The third-order valence-corrected chi connectivity index (χ3v) is 0.224. The average molecular weight is 230 g/mol. The number of aliphatic hydroxyl groups excluding tert-OH is 5. The first-order valence-corrected chi connectivity index (χ1v) is 5.04. The molecule has 0 aromatic carbocycles. The molecular formula is C10H30O5. The Kier molecular flexibility index (Phi) is 192. The summed E-state index contributed by atoms with van der Waals surface area (Å²) < 4.78 is 0. The van der Waals surface area contributed by atoms with E-state index in [9.17, 15) is 0 Å². The molecule has 0 spiro atoms. The van der Waals surface area contributed by atoms with E-state index >= 15 is 0 Å². The maximum absolute atomic E-state index is 7.88. The lowest BCUT2D eigenvalue weighted by Gasteiger charge is -1.69. The smallest absolute Gasteiger partial charge is 0.0428 e. The molecule has 5 N–H and O–H groups in total. The van der Waals surface area contributed by atoms with E-state index in [0.717, 1.165) is 13.5 Å². The summed E-state index contributed by atoms with van der Waals surface area (Å²) in [6, 6.07) is 0. The van der Waals surface area contributed by atoms with Gasteiger partial charge < -0.3 is 25.5 Å². The largest absolute Gasteiger partial charge is 0.400 e. The van der Waals surface area contributed by atoms with E-state index in [-0.39, 0.29) is 19.8 Å². The van der Waals surface area contributed by atoms with Crippen LogP contribution in [0.5, 0.6) is 0 Å². The summed E-state index contributed by atoms with van der Waals surface area (Å²) in [5, 5.41) is 37.6. The Hall–Kier alpha value is -0.200. The van der Waals surface area contributed by atoms with Gasteiger partial charge in [-0.2, -0.15) is 0 Å². The second-order valence-corrected chi connectivity index (χ2v) is 1.67. The first-order valence-electron chi connectivity index (χ1n) is 5.04. The molecule has 0 rings (SSSR count). The van der Waals surface area contributed by atoms with E-state index in [1.165, 1.54) is 0 Å². The average Bonchev–Trinajstić information content (AvgIpc) is 2.24. The van der Waals surface area contributed by atoms with E-state index in [1.807, 2.05) is 6.92 Å². The second kappa shape index (κ2) is 98.1. The van der Waals surface area contributed by atoms with Crippen LogP contribution in [-0.2, 0) is 0 Å². The molecule has 0 amide bonds. The summed E-state index contributed by atoms with van der Waals surface area (Å²) in [6.07, 6.45) is 0.875. The molecule has 0 aromatic rings. The second-order valence-electron chi connectivity index (χ2n) is 1.67. The predicted octanol–water partition coefficient (Wildman–Crippen LogP) is -0.00700. The Morgan fingerprint density at radius 1 is 0.600 bits per heavy atom. The molecule has 0 aliphatic heterocycles. The summed E-state index contributed by atoms with van der Waals surface area (Å²) >= 11 is 0. The van der Waals surface area contributed by atoms with Gasteiger partial charge in [0.15, 0.2) is 0 Å². The molecule has 0 fully saturated rings. The van der Waals surface area contributed by atoms with Crippen LogP contribution < -0.4 is 0 Å². The fourth-order valence-electron chi connectivity index (χ4n) is 0. The molecule has 100 valence electrons. The molecule has 15 heavy (non-hydrogen) atoms. The van der Waals surface area contributed by atoms with E-state index in [4.69, 9.17) is 25.5 Å². The molecule has 0 saturated carbocycles. The van der Waals surface area contributed by atoms with Gasteiger partial charge in [-0.1, -0.05) is 6.92 Å². The van der Waals surface area contributed by atoms with Crippen molar-refractivity contribution in [1.29, 1.82) is 0 Å². The zero-order chi connectivity index (χ0) is 13.5. The van der Waals surface area contributed by atoms with Crippen molar-refractivity contribution in [1.82, 2.24) is 0 Å². The highest BCUT2D eigenvalue weighted by Crippen LogP contribution is 1.61. The number of rotatable bonds is 1. The molecule has 5 heteroatoms. The van der Waals surface area contributed by atoms with Gasteiger partial charge in [-0.25, -0.2) is 0 Å². The van der Waals surface area contributed by atoms with Gasteiger partial charge in [0.1, 0.15) is 0 Å². The quantitative estimate of drug-likeness (QED) is 0.436. The summed E-state index contributed by atoms with van der Waals surface area (Å²) in [5.74, 6) is 0. The van der Waals surface area contributed by atoms with E-state index in [0.29, 0.717) is 6.61 Å². The fourth-order valence-corrected chi connectivity index (χ4v) is 0. The zero-order valence-corrected chi connectivity index (χ0v) is 10.8. The minimum Gasteiger partial charge on any atom is -0.400 e.